The van der Waals surface area contributed by atoms with E-state index in [4.69, 9.17) is 5.73 Å². The fraction of sp³-hybridized carbons (Fsp3) is 0.312. The van der Waals surface area contributed by atoms with Gasteiger partial charge in [-0.2, -0.15) is 0 Å². The Bertz CT molecular complexity index is 577. The third kappa shape index (κ3) is 4.72. The number of thioether (sulfide) groups is 1. The van der Waals surface area contributed by atoms with Crippen molar-refractivity contribution >= 4 is 17.4 Å². The lowest BCUT2D eigenvalue weighted by Crippen LogP contribution is -2.25. The zero-order valence-corrected chi connectivity index (χ0v) is 12.9. The number of halogens is 1. The molecule has 0 saturated carbocycles. The fourth-order valence-corrected chi connectivity index (χ4v) is 3.05. The van der Waals surface area contributed by atoms with Crippen LogP contribution in [0.4, 0.5) is 10.1 Å². The standard InChI is InChI=1S/C16H20FN3S/c1-2-7-20-16(14-10-19-8-6-15(14)18)11-21-13-5-3-4-12(17)9-13/h3-6,8-10,16,20H,2,7,11H2,1H3,(H2,18,19). The van der Waals surface area contributed by atoms with Crippen LogP contribution in [0, 0.1) is 5.82 Å². The van der Waals surface area contributed by atoms with E-state index in [-0.39, 0.29) is 11.9 Å². The van der Waals surface area contributed by atoms with Gasteiger partial charge in [0.1, 0.15) is 5.82 Å². The highest BCUT2D eigenvalue weighted by Crippen LogP contribution is 2.27. The Labute approximate surface area is 129 Å². The van der Waals surface area contributed by atoms with Gasteiger partial charge < -0.3 is 11.1 Å². The molecule has 1 aromatic carbocycles. The van der Waals surface area contributed by atoms with Gasteiger partial charge >= 0.3 is 0 Å². The number of benzene rings is 1. The van der Waals surface area contributed by atoms with Crippen LogP contribution in [0.2, 0.25) is 0 Å². The van der Waals surface area contributed by atoms with E-state index in [9.17, 15) is 4.39 Å². The number of anilines is 1. The number of hydrogen-bond acceptors (Lipinski definition) is 4. The number of pyridine rings is 1. The molecule has 0 fully saturated rings. The molecule has 2 aromatic rings. The molecule has 0 aliphatic heterocycles. The van der Waals surface area contributed by atoms with Crippen molar-refractivity contribution in [2.24, 2.45) is 0 Å². The number of nitrogens with two attached hydrogens (primary N) is 1. The van der Waals surface area contributed by atoms with E-state index < -0.39 is 0 Å². The second-order valence-corrected chi connectivity index (χ2v) is 5.87. The summed E-state index contributed by atoms with van der Waals surface area (Å²) in [4.78, 5) is 5.07. The molecule has 0 amide bonds. The van der Waals surface area contributed by atoms with Crippen molar-refractivity contribution < 1.29 is 4.39 Å². The van der Waals surface area contributed by atoms with Gasteiger partial charge in [-0.3, -0.25) is 4.98 Å². The number of hydrogen-bond donors (Lipinski definition) is 2. The molecule has 0 aliphatic carbocycles. The molecule has 0 spiro atoms. The van der Waals surface area contributed by atoms with Gasteiger partial charge in [-0.15, -0.1) is 11.8 Å². The molecule has 1 aromatic heterocycles. The highest BCUT2D eigenvalue weighted by Gasteiger charge is 2.14. The highest BCUT2D eigenvalue weighted by molar-refractivity contribution is 7.99. The minimum Gasteiger partial charge on any atom is -0.398 e. The van der Waals surface area contributed by atoms with Crippen LogP contribution in [-0.2, 0) is 0 Å². The summed E-state index contributed by atoms with van der Waals surface area (Å²) in [6.07, 6.45) is 4.53. The predicted molar refractivity (Wildman–Crippen MR) is 86.8 cm³/mol. The minimum atomic E-state index is -0.209. The first kappa shape index (κ1) is 15.8. The quantitative estimate of drug-likeness (QED) is 0.767. The van der Waals surface area contributed by atoms with Gasteiger partial charge in [-0.25, -0.2) is 4.39 Å². The highest BCUT2D eigenvalue weighted by atomic mass is 32.2. The lowest BCUT2D eigenvalue weighted by Gasteiger charge is -2.20. The molecule has 0 radical (unpaired) electrons. The molecule has 1 heterocycles. The largest absolute Gasteiger partial charge is 0.398 e. The van der Waals surface area contributed by atoms with E-state index in [0.29, 0.717) is 0 Å². The molecule has 3 N–H and O–H groups in total. The molecular formula is C16H20FN3S. The van der Waals surface area contributed by atoms with Crippen molar-refractivity contribution in [1.82, 2.24) is 10.3 Å². The molecule has 1 atom stereocenters. The number of nitrogen functional groups attached to an aromatic ring is 1. The summed E-state index contributed by atoms with van der Waals surface area (Å²) in [6.45, 7) is 3.03. The van der Waals surface area contributed by atoms with Gasteiger partial charge in [0.15, 0.2) is 0 Å². The van der Waals surface area contributed by atoms with Crippen molar-refractivity contribution in [3.63, 3.8) is 0 Å². The van der Waals surface area contributed by atoms with Crippen molar-refractivity contribution in [2.45, 2.75) is 24.3 Å². The molecule has 0 aliphatic rings. The smallest absolute Gasteiger partial charge is 0.124 e. The van der Waals surface area contributed by atoms with Crippen molar-refractivity contribution in [3.8, 4) is 0 Å². The Kier molecular flexibility index (Phi) is 6.02. The molecule has 5 heteroatoms. The van der Waals surface area contributed by atoms with Gasteiger partial charge in [0.05, 0.1) is 0 Å². The number of rotatable bonds is 7. The molecule has 21 heavy (non-hydrogen) atoms. The molecule has 1 unspecified atom stereocenters. The Morgan fingerprint density at radius 2 is 2.24 bits per heavy atom. The molecule has 2 rings (SSSR count). The first-order valence-electron chi connectivity index (χ1n) is 7.02. The van der Waals surface area contributed by atoms with E-state index in [1.807, 2.05) is 12.1 Å². The molecule has 112 valence electrons. The summed E-state index contributed by atoms with van der Waals surface area (Å²) in [5.74, 6) is 0.568. The third-order valence-corrected chi connectivity index (χ3v) is 4.20. The molecule has 0 bridgehead atoms. The van der Waals surface area contributed by atoms with E-state index in [0.717, 1.165) is 34.9 Å². The van der Waals surface area contributed by atoms with E-state index in [2.05, 4.69) is 17.2 Å². The van der Waals surface area contributed by atoms with Crippen LogP contribution < -0.4 is 11.1 Å². The van der Waals surface area contributed by atoms with Crippen molar-refractivity contribution in [3.05, 3.63) is 54.1 Å². The lowest BCUT2D eigenvalue weighted by atomic mass is 10.1. The van der Waals surface area contributed by atoms with Gasteiger partial charge in [-0.05, 0) is 37.2 Å². The maximum atomic E-state index is 13.2. The summed E-state index contributed by atoms with van der Waals surface area (Å²) in [5.41, 5.74) is 7.77. The van der Waals surface area contributed by atoms with Gasteiger partial charge in [-0.1, -0.05) is 13.0 Å². The van der Waals surface area contributed by atoms with Crippen LogP contribution >= 0.6 is 11.8 Å². The van der Waals surface area contributed by atoms with Crippen LogP contribution in [-0.4, -0.2) is 17.3 Å². The Morgan fingerprint density at radius 1 is 1.38 bits per heavy atom. The molecular weight excluding hydrogens is 285 g/mol. The summed E-state index contributed by atoms with van der Waals surface area (Å²) in [5, 5.41) is 3.48. The second-order valence-electron chi connectivity index (χ2n) is 4.78. The van der Waals surface area contributed by atoms with E-state index in [1.165, 1.54) is 6.07 Å². The summed E-state index contributed by atoms with van der Waals surface area (Å²) in [7, 11) is 0. The zero-order chi connectivity index (χ0) is 15.1. The first-order chi connectivity index (χ1) is 10.2. The maximum Gasteiger partial charge on any atom is 0.124 e. The molecule has 0 saturated heterocycles. The average molecular weight is 305 g/mol. The average Bonchev–Trinajstić information content (AvgIpc) is 2.48. The Morgan fingerprint density at radius 3 is 2.95 bits per heavy atom. The van der Waals surface area contributed by atoms with Gasteiger partial charge in [0.25, 0.3) is 0 Å². The summed E-state index contributed by atoms with van der Waals surface area (Å²) in [6, 6.07) is 8.56. The monoisotopic (exact) mass is 305 g/mol. The van der Waals surface area contributed by atoms with Crippen LogP contribution in [0.1, 0.15) is 24.9 Å². The number of nitrogens with one attached hydrogen (secondary N) is 1. The van der Waals surface area contributed by atoms with Crippen LogP contribution in [0.25, 0.3) is 0 Å². The second kappa shape index (κ2) is 8.00. The maximum absolute atomic E-state index is 13.2. The topological polar surface area (TPSA) is 50.9 Å². The van der Waals surface area contributed by atoms with Crippen LogP contribution in [0.5, 0.6) is 0 Å². The third-order valence-electron chi connectivity index (χ3n) is 3.12. The van der Waals surface area contributed by atoms with E-state index >= 15 is 0 Å². The van der Waals surface area contributed by atoms with Crippen molar-refractivity contribution in [1.29, 1.82) is 0 Å². The zero-order valence-electron chi connectivity index (χ0n) is 12.1. The van der Waals surface area contributed by atoms with Crippen LogP contribution in [0.15, 0.2) is 47.6 Å². The first-order valence-corrected chi connectivity index (χ1v) is 8.00. The Balaban J connectivity index is 2.08. The van der Waals surface area contributed by atoms with Gasteiger partial charge in [0.2, 0.25) is 0 Å². The Hall–Kier alpha value is -1.59. The normalized spacial score (nSPS) is 12.3. The summed E-state index contributed by atoms with van der Waals surface area (Å²) >= 11 is 1.61. The molecule has 3 nitrogen and oxygen atoms in total. The lowest BCUT2D eigenvalue weighted by molar-refractivity contribution is 0.577. The van der Waals surface area contributed by atoms with E-state index in [1.54, 1.807) is 36.3 Å². The van der Waals surface area contributed by atoms with Crippen LogP contribution in [0.3, 0.4) is 0 Å². The van der Waals surface area contributed by atoms with Crippen molar-refractivity contribution in [2.75, 3.05) is 18.0 Å². The fourth-order valence-electron chi connectivity index (χ4n) is 2.02. The summed E-state index contributed by atoms with van der Waals surface area (Å²) < 4.78 is 13.2. The minimum absolute atomic E-state index is 0.104. The SMILES string of the molecule is CCCNC(CSc1cccc(F)c1)c1cnccc1N. The number of nitrogens with zero attached hydrogens (tertiary/aromatic N) is 1. The van der Waals surface area contributed by atoms with Gasteiger partial charge in [0, 0.05) is 40.3 Å². The number of aromatic nitrogens is 1. The predicted octanol–water partition coefficient (Wildman–Crippen LogP) is 3.64.